The van der Waals surface area contributed by atoms with Gasteiger partial charge in [-0.3, -0.25) is 4.79 Å². The number of benzene rings is 1. The molecule has 4 nitrogen and oxygen atoms in total. The molecule has 1 aromatic carbocycles. The van der Waals surface area contributed by atoms with Crippen molar-refractivity contribution >= 4 is 27.5 Å². The van der Waals surface area contributed by atoms with Crippen molar-refractivity contribution in [1.29, 1.82) is 5.26 Å². The lowest BCUT2D eigenvalue weighted by Gasteiger charge is -2.28. The number of rotatable bonds is 1. The first-order valence-corrected chi connectivity index (χ1v) is 5.71. The minimum Gasteiger partial charge on any atom is -0.360 e. The molecule has 0 saturated carbocycles. The molecule has 0 unspecified atom stereocenters. The van der Waals surface area contributed by atoms with E-state index in [1.807, 2.05) is 17.0 Å². The number of hydrogen-bond acceptors (Lipinski definition) is 3. The second kappa shape index (κ2) is 4.54. The maximum Gasteiger partial charge on any atom is 0.239 e. The van der Waals surface area contributed by atoms with Gasteiger partial charge in [-0.1, -0.05) is 0 Å². The molecule has 1 amide bonds. The van der Waals surface area contributed by atoms with Gasteiger partial charge in [-0.15, -0.1) is 0 Å². The van der Waals surface area contributed by atoms with Crippen LogP contribution in [-0.2, 0) is 4.79 Å². The quantitative estimate of drug-likeness (QED) is 0.842. The summed E-state index contributed by atoms with van der Waals surface area (Å²) >= 11 is 3.34. The van der Waals surface area contributed by atoms with Gasteiger partial charge in [-0.05, 0) is 34.1 Å². The molecule has 0 atom stereocenters. The summed E-state index contributed by atoms with van der Waals surface area (Å²) in [5, 5.41) is 11.6. The van der Waals surface area contributed by atoms with Crippen molar-refractivity contribution in [2.45, 2.75) is 0 Å². The molecule has 0 spiro atoms. The number of amides is 1. The fourth-order valence-corrected chi connectivity index (χ4v) is 2.11. The summed E-state index contributed by atoms with van der Waals surface area (Å²) < 4.78 is 0.762. The zero-order chi connectivity index (χ0) is 11.5. The topological polar surface area (TPSA) is 56.1 Å². The van der Waals surface area contributed by atoms with Crippen LogP contribution in [0.4, 0.5) is 5.69 Å². The molecular formula is C11H10BrN3O. The monoisotopic (exact) mass is 279 g/mol. The van der Waals surface area contributed by atoms with Crippen LogP contribution >= 0.6 is 15.9 Å². The molecular weight excluding hydrogens is 270 g/mol. The van der Waals surface area contributed by atoms with E-state index in [1.54, 1.807) is 6.07 Å². The molecule has 16 heavy (non-hydrogen) atoms. The van der Waals surface area contributed by atoms with Crippen LogP contribution < -0.4 is 10.2 Å². The summed E-state index contributed by atoms with van der Waals surface area (Å²) in [5.74, 6) is 0.0340. The van der Waals surface area contributed by atoms with E-state index < -0.39 is 0 Å². The van der Waals surface area contributed by atoms with Crippen molar-refractivity contribution in [2.24, 2.45) is 0 Å². The number of nitrogens with zero attached hydrogens (tertiary/aromatic N) is 2. The molecule has 0 bridgehead atoms. The highest BCUT2D eigenvalue weighted by molar-refractivity contribution is 9.10. The van der Waals surface area contributed by atoms with Gasteiger partial charge in [0, 0.05) is 23.2 Å². The number of carbonyl (C=O) groups excluding carboxylic acids is 1. The average Bonchev–Trinajstić information content (AvgIpc) is 2.29. The molecule has 5 heteroatoms. The second-order valence-electron chi connectivity index (χ2n) is 3.55. The van der Waals surface area contributed by atoms with Crippen molar-refractivity contribution in [3.63, 3.8) is 0 Å². The minimum atomic E-state index is 0.0340. The Morgan fingerprint density at radius 2 is 2.31 bits per heavy atom. The second-order valence-corrected chi connectivity index (χ2v) is 4.40. The molecule has 0 radical (unpaired) electrons. The van der Waals surface area contributed by atoms with Crippen molar-refractivity contribution < 1.29 is 4.79 Å². The number of carbonyl (C=O) groups is 1. The van der Waals surface area contributed by atoms with E-state index in [0.29, 0.717) is 18.7 Å². The Balaban J connectivity index is 2.24. The van der Waals surface area contributed by atoms with E-state index in [0.717, 1.165) is 16.7 Å². The Morgan fingerprint density at radius 1 is 1.50 bits per heavy atom. The Labute approximate surface area is 102 Å². The smallest absolute Gasteiger partial charge is 0.239 e. The molecule has 1 aliphatic rings. The number of hydrogen-bond donors (Lipinski definition) is 1. The van der Waals surface area contributed by atoms with Crippen LogP contribution in [0.2, 0.25) is 0 Å². The van der Waals surface area contributed by atoms with Crippen LogP contribution in [0.1, 0.15) is 5.56 Å². The highest BCUT2D eigenvalue weighted by Crippen LogP contribution is 2.23. The van der Waals surface area contributed by atoms with Gasteiger partial charge in [-0.2, -0.15) is 5.26 Å². The fraction of sp³-hybridized carbons (Fsp3) is 0.273. The molecule has 2 rings (SSSR count). The minimum absolute atomic E-state index is 0.0340. The Kier molecular flexibility index (Phi) is 3.11. The standard InChI is InChI=1S/C11H10BrN3O/c12-10-5-9(2-1-8(10)6-13)15-4-3-14-11(16)7-15/h1-2,5H,3-4,7H2,(H,14,16). The van der Waals surface area contributed by atoms with Gasteiger partial charge in [0.2, 0.25) is 5.91 Å². The molecule has 0 aromatic heterocycles. The largest absolute Gasteiger partial charge is 0.360 e. The zero-order valence-electron chi connectivity index (χ0n) is 8.53. The highest BCUT2D eigenvalue weighted by Gasteiger charge is 2.16. The zero-order valence-corrected chi connectivity index (χ0v) is 10.1. The maximum atomic E-state index is 11.2. The van der Waals surface area contributed by atoms with Crippen LogP contribution in [-0.4, -0.2) is 25.5 Å². The Hall–Kier alpha value is -1.54. The summed E-state index contributed by atoms with van der Waals surface area (Å²) in [6, 6.07) is 7.58. The van der Waals surface area contributed by atoms with Crippen molar-refractivity contribution in [3.8, 4) is 6.07 Å². The Morgan fingerprint density at radius 3 is 2.94 bits per heavy atom. The first-order chi connectivity index (χ1) is 7.70. The van der Waals surface area contributed by atoms with E-state index in [1.165, 1.54) is 0 Å². The van der Waals surface area contributed by atoms with Gasteiger partial charge >= 0.3 is 0 Å². The third-order valence-corrected chi connectivity index (χ3v) is 3.13. The summed E-state index contributed by atoms with van der Waals surface area (Å²) in [7, 11) is 0. The number of piperazine rings is 1. The molecule has 1 N–H and O–H groups in total. The van der Waals surface area contributed by atoms with Crippen LogP contribution in [0.3, 0.4) is 0 Å². The fourth-order valence-electron chi connectivity index (χ4n) is 1.65. The van der Waals surface area contributed by atoms with E-state index >= 15 is 0 Å². The van der Waals surface area contributed by atoms with Crippen LogP contribution in [0.5, 0.6) is 0 Å². The summed E-state index contributed by atoms with van der Waals surface area (Å²) in [6.45, 7) is 1.83. The van der Waals surface area contributed by atoms with Gasteiger partial charge in [0.25, 0.3) is 0 Å². The summed E-state index contributed by atoms with van der Waals surface area (Å²) in [4.78, 5) is 13.2. The molecule has 1 heterocycles. The van der Waals surface area contributed by atoms with Crippen molar-refractivity contribution in [1.82, 2.24) is 5.32 Å². The van der Waals surface area contributed by atoms with Crippen molar-refractivity contribution in [3.05, 3.63) is 28.2 Å². The number of nitrogens with one attached hydrogen (secondary N) is 1. The maximum absolute atomic E-state index is 11.2. The third kappa shape index (κ3) is 2.17. The van der Waals surface area contributed by atoms with Gasteiger partial charge in [0.05, 0.1) is 12.1 Å². The lowest BCUT2D eigenvalue weighted by atomic mass is 10.2. The first kappa shape index (κ1) is 11.0. The third-order valence-electron chi connectivity index (χ3n) is 2.48. The summed E-state index contributed by atoms with van der Waals surface area (Å²) in [5.41, 5.74) is 1.56. The van der Waals surface area contributed by atoms with Crippen LogP contribution in [0.15, 0.2) is 22.7 Å². The first-order valence-electron chi connectivity index (χ1n) is 4.92. The van der Waals surface area contributed by atoms with Crippen LogP contribution in [0.25, 0.3) is 0 Å². The molecule has 1 saturated heterocycles. The van der Waals surface area contributed by atoms with Gasteiger partial charge in [-0.25, -0.2) is 0 Å². The lowest BCUT2D eigenvalue weighted by Crippen LogP contribution is -2.47. The SMILES string of the molecule is N#Cc1ccc(N2CCNC(=O)C2)cc1Br. The normalized spacial score (nSPS) is 15.5. The molecule has 82 valence electrons. The number of halogens is 1. The van der Waals surface area contributed by atoms with E-state index in [4.69, 9.17) is 5.26 Å². The number of anilines is 1. The summed E-state index contributed by atoms with van der Waals surface area (Å²) in [6.07, 6.45) is 0. The van der Waals surface area contributed by atoms with E-state index in [-0.39, 0.29) is 5.91 Å². The Bertz CT molecular complexity index is 467. The number of nitriles is 1. The average molecular weight is 280 g/mol. The lowest BCUT2D eigenvalue weighted by molar-refractivity contribution is -0.120. The molecule has 0 aliphatic carbocycles. The molecule has 1 fully saturated rings. The van der Waals surface area contributed by atoms with Crippen LogP contribution in [0, 0.1) is 11.3 Å². The van der Waals surface area contributed by atoms with Gasteiger partial charge < -0.3 is 10.2 Å². The van der Waals surface area contributed by atoms with E-state index in [9.17, 15) is 4.79 Å². The molecule has 1 aromatic rings. The predicted octanol–water partition coefficient (Wildman–Crippen LogP) is 1.26. The van der Waals surface area contributed by atoms with Crippen molar-refractivity contribution in [2.75, 3.05) is 24.5 Å². The van der Waals surface area contributed by atoms with E-state index in [2.05, 4.69) is 27.3 Å². The predicted molar refractivity (Wildman–Crippen MR) is 64.1 cm³/mol. The molecule has 1 aliphatic heterocycles. The van der Waals surface area contributed by atoms with Gasteiger partial charge in [0.15, 0.2) is 0 Å². The van der Waals surface area contributed by atoms with Gasteiger partial charge in [0.1, 0.15) is 6.07 Å². The highest BCUT2D eigenvalue weighted by atomic mass is 79.9.